The molecule has 1 heterocycles. The SMILES string of the molecule is Cc1nc(CSc2ccc(Cl)cc2)nc(N)c1C. The Kier molecular flexibility index (Phi) is 4.09. The topological polar surface area (TPSA) is 51.8 Å². The van der Waals surface area contributed by atoms with Gasteiger partial charge in [0.05, 0.1) is 5.75 Å². The molecule has 2 aromatic rings. The second-order valence-electron chi connectivity index (χ2n) is 3.98. The fraction of sp³-hybridized carbons (Fsp3) is 0.231. The number of nitrogens with zero attached hydrogens (tertiary/aromatic N) is 2. The predicted octanol–water partition coefficient (Wildman–Crippen LogP) is 3.62. The average molecular weight is 280 g/mol. The van der Waals surface area contributed by atoms with E-state index in [0.717, 1.165) is 27.0 Å². The van der Waals surface area contributed by atoms with Crippen molar-refractivity contribution in [3.8, 4) is 0 Å². The Balaban J connectivity index is 2.08. The molecule has 0 saturated carbocycles. The van der Waals surface area contributed by atoms with E-state index in [2.05, 4.69) is 9.97 Å². The fourth-order valence-corrected chi connectivity index (χ4v) is 2.33. The van der Waals surface area contributed by atoms with Gasteiger partial charge in [0.15, 0.2) is 0 Å². The number of thioether (sulfide) groups is 1. The molecule has 0 radical (unpaired) electrons. The molecule has 5 heteroatoms. The van der Waals surface area contributed by atoms with E-state index in [1.807, 2.05) is 38.1 Å². The highest BCUT2D eigenvalue weighted by Gasteiger charge is 2.05. The Morgan fingerprint density at radius 2 is 1.83 bits per heavy atom. The van der Waals surface area contributed by atoms with E-state index in [1.165, 1.54) is 0 Å². The van der Waals surface area contributed by atoms with Crippen LogP contribution in [0.4, 0.5) is 5.82 Å². The molecule has 0 aliphatic carbocycles. The molecule has 0 aliphatic heterocycles. The maximum atomic E-state index is 5.84. The molecule has 0 saturated heterocycles. The van der Waals surface area contributed by atoms with Gasteiger partial charge in [-0.2, -0.15) is 0 Å². The van der Waals surface area contributed by atoms with Crippen molar-refractivity contribution < 1.29 is 0 Å². The van der Waals surface area contributed by atoms with Gasteiger partial charge >= 0.3 is 0 Å². The van der Waals surface area contributed by atoms with Gasteiger partial charge < -0.3 is 5.73 Å². The van der Waals surface area contributed by atoms with E-state index < -0.39 is 0 Å². The van der Waals surface area contributed by atoms with Crippen LogP contribution in [0.3, 0.4) is 0 Å². The third-order valence-corrected chi connectivity index (χ3v) is 3.91. The molecular weight excluding hydrogens is 266 g/mol. The number of benzene rings is 1. The van der Waals surface area contributed by atoms with Gasteiger partial charge in [-0.1, -0.05) is 11.6 Å². The highest BCUT2D eigenvalue weighted by Crippen LogP contribution is 2.24. The molecule has 0 bridgehead atoms. The van der Waals surface area contributed by atoms with Crippen molar-refractivity contribution in [3.05, 3.63) is 46.4 Å². The summed E-state index contributed by atoms with van der Waals surface area (Å²) >= 11 is 7.50. The molecule has 94 valence electrons. The van der Waals surface area contributed by atoms with Gasteiger partial charge in [0.25, 0.3) is 0 Å². The van der Waals surface area contributed by atoms with Crippen LogP contribution in [0.15, 0.2) is 29.2 Å². The van der Waals surface area contributed by atoms with Crippen LogP contribution in [0, 0.1) is 13.8 Å². The minimum absolute atomic E-state index is 0.564. The minimum atomic E-state index is 0.564. The summed E-state index contributed by atoms with van der Waals surface area (Å²) in [7, 11) is 0. The molecule has 0 amide bonds. The summed E-state index contributed by atoms with van der Waals surface area (Å²) in [4.78, 5) is 9.85. The van der Waals surface area contributed by atoms with E-state index in [9.17, 15) is 0 Å². The standard InChI is InChI=1S/C13H14ClN3S/c1-8-9(2)16-12(17-13(8)15)7-18-11-5-3-10(14)4-6-11/h3-6H,7H2,1-2H3,(H2,15,16,17). The average Bonchev–Trinajstić information content (AvgIpc) is 2.35. The largest absolute Gasteiger partial charge is 0.383 e. The van der Waals surface area contributed by atoms with Crippen LogP contribution < -0.4 is 5.73 Å². The van der Waals surface area contributed by atoms with Gasteiger partial charge in [-0.15, -0.1) is 11.8 Å². The molecule has 2 rings (SSSR count). The summed E-state index contributed by atoms with van der Waals surface area (Å²) in [5.74, 6) is 2.03. The number of nitrogen functional groups attached to an aromatic ring is 1. The number of hydrogen-bond acceptors (Lipinski definition) is 4. The normalized spacial score (nSPS) is 10.6. The third kappa shape index (κ3) is 3.15. The highest BCUT2D eigenvalue weighted by molar-refractivity contribution is 7.98. The molecule has 0 fully saturated rings. The zero-order valence-corrected chi connectivity index (χ0v) is 11.8. The number of anilines is 1. The van der Waals surface area contributed by atoms with Crippen molar-refractivity contribution in [2.75, 3.05) is 5.73 Å². The summed E-state index contributed by atoms with van der Waals surface area (Å²) in [6, 6.07) is 7.72. The lowest BCUT2D eigenvalue weighted by Gasteiger charge is -2.06. The summed E-state index contributed by atoms with van der Waals surface area (Å²) in [5.41, 5.74) is 7.73. The number of aryl methyl sites for hydroxylation is 1. The molecule has 3 nitrogen and oxygen atoms in total. The molecule has 0 spiro atoms. The van der Waals surface area contributed by atoms with E-state index in [4.69, 9.17) is 17.3 Å². The first kappa shape index (κ1) is 13.2. The van der Waals surface area contributed by atoms with E-state index in [1.54, 1.807) is 11.8 Å². The van der Waals surface area contributed by atoms with E-state index in [-0.39, 0.29) is 0 Å². The first-order valence-electron chi connectivity index (χ1n) is 5.54. The molecule has 0 aliphatic rings. The molecule has 2 N–H and O–H groups in total. The van der Waals surface area contributed by atoms with Crippen molar-refractivity contribution in [1.29, 1.82) is 0 Å². The quantitative estimate of drug-likeness (QED) is 0.872. The number of rotatable bonds is 3. The monoisotopic (exact) mass is 279 g/mol. The van der Waals surface area contributed by atoms with Crippen LogP contribution in [0.2, 0.25) is 5.02 Å². The maximum absolute atomic E-state index is 5.84. The van der Waals surface area contributed by atoms with Crippen molar-refractivity contribution in [2.45, 2.75) is 24.5 Å². The van der Waals surface area contributed by atoms with Crippen molar-refractivity contribution in [3.63, 3.8) is 0 Å². The van der Waals surface area contributed by atoms with Crippen molar-refractivity contribution in [1.82, 2.24) is 9.97 Å². The predicted molar refractivity (Wildman–Crippen MR) is 76.9 cm³/mol. The van der Waals surface area contributed by atoms with Crippen molar-refractivity contribution >= 4 is 29.2 Å². The Bertz CT molecular complexity index is 532. The third-order valence-electron chi connectivity index (χ3n) is 2.65. The first-order valence-corrected chi connectivity index (χ1v) is 6.90. The Morgan fingerprint density at radius 1 is 1.17 bits per heavy atom. The molecule has 1 aromatic carbocycles. The van der Waals surface area contributed by atoms with Crippen LogP contribution in [0.25, 0.3) is 0 Å². The lowest BCUT2D eigenvalue weighted by Crippen LogP contribution is -2.03. The Hall–Kier alpha value is -1.26. The van der Waals surface area contributed by atoms with Crippen LogP contribution in [0.5, 0.6) is 0 Å². The molecular formula is C13H14ClN3S. The van der Waals surface area contributed by atoms with Crippen LogP contribution in [-0.2, 0) is 5.75 Å². The van der Waals surface area contributed by atoms with Gasteiger partial charge in [-0.25, -0.2) is 9.97 Å². The smallest absolute Gasteiger partial charge is 0.141 e. The van der Waals surface area contributed by atoms with Gasteiger partial charge in [-0.3, -0.25) is 0 Å². The number of halogens is 1. The number of aromatic nitrogens is 2. The van der Waals surface area contributed by atoms with Crippen LogP contribution >= 0.6 is 23.4 Å². The van der Waals surface area contributed by atoms with Gasteiger partial charge in [0.2, 0.25) is 0 Å². The minimum Gasteiger partial charge on any atom is -0.383 e. The molecule has 1 aromatic heterocycles. The Labute approximate surface area is 116 Å². The zero-order chi connectivity index (χ0) is 13.1. The van der Waals surface area contributed by atoms with Gasteiger partial charge in [0, 0.05) is 21.2 Å². The summed E-state index contributed by atoms with van der Waals surface area (Å²) in [5, 5.41) is 0.742. The first-order chi connectivity index (χ1) is 8.56. The molecule has 0 atom stereocenters. The lowest BCUT2D eigenvalue weighted by atomic mass is 10.2. The zero-order valence-electron chi connectivity index (χ0n) is 10.3. The second kappa shape index (κ2) is 5.59. The van der Waals surface area contributed by atoms with Crippen LogP contribution in [-0.4, -0.2) is 9.97 Å². The van der Waals surface area contributed by atoms with E-state index >= 15 is 0 Å². The van der Waals surface area contributed by atoms with Gasteiger partial charge in [-0.05, 0) is 38.1 Å². The van der Waals surface area contributed by atoms with E-state index in [0.29, 0.717) is 11.6 Å². The summed E-state index contributed by atoms with van der Waals surface area (Å²) in [6.07, 6.45) is 0. The fourth-order valence-electron chi connectivity index (χ4n) is 1.45. The number of nitrogens with two attached hydrogens (primary N) is 1. The number of hydrogen-bond donors (Lipinski definition) is 1. The summed E-state index contributed by atoms with van der Waals surface area (Å²) < 4.78 is 0. The highest BCUT2D eigenvalue weighted by atomic mass is 35.5. The maximum Gasteiger partial charge on any atom is 0.141 e. The molecule has 0 unspecified atom stereocenters. The van der Waals surface area contributed by atoms with Crippen molar-refractivity contribution in [2.24, 2.45) is 0 Å². The van der Waals surface area contributed by atoms with Crippen LogP contribution in [0.1, 0.15) is 17.1 Å². The lowest BCUT2D eigenvalue weighted by molar-refractivity contribution is 0.981. The molecule has 18 heavy (non-hydrogen) atoms. The van der Waals surface area contributed by atoms with Gasteiger partial charge in [0.1, 0.15) is 11.6 Å². The summed E-state index contributed by atoms with van der Waals surface area (Å²) in [6.45, 7) is 3.88. The second-order valence-corrected chi connectivity index (χ2v) is 5.46. The Morgan fingerprint density at radius 3 is 2.44 bits per heavy atom.